The van der Waals surface area contributed by atoms with E-state index < -0.39 is 6.04 Å². The van der Waals surface area contributed by atoms with Crippen LogP contribution in [-0.4, -0.2) is 71.2 Å². The van der Waals surface area contributed by atoms with Gasteiger partial charge >= 0.3 is 0 Å². The highest BCUT2D eigenvalue weighted by molar-refractivity contribution is 5.91. The first-order chi connectivity index (χ1) is 16.2. The molecule has 0 aromatic rings. The number of fused-ring (bicyclic) bond motifs is 4. The van der Waals surface area contributed by atoms with E-state index in [1.165, 1.54) is 0 Å². The quantitative estimate of drug-likeness (QED) is 0.640. The van der Waals surface area contributed by atoms with E-state index in [2.05, 4.69) is 36.3 Å². The number of amides is 4. The fourth-order valence-corrected chi connectivity index (χ4v) is 6.51. The van der Waals surface area contributed by atoms with Crippen molar-refractivity contribution in [1.82, 2.24) is 20.4 Å². The van der Waals surface area contributed by atoms with E-state index in [4.69, 9.17) is 0 Å². The van der Waals surface area contributed by atoms with Crippen LogP contribution in [0.15, 0.2) is 0 Å². The minimum Gasteiger partial charge on any atom is -0.353 e. The zero-order valence-corrected chi connectivity index (χ0v) is 21.1. The van der Waals surface area contributed by atoms with Gasteiger partial charge in [-0.3, -0.25) is 19.2 Å². The van der Waals surface area contributed by atoms with Crippen molar-refractivity contribution < 1.29 is 19.2 Å². The molecule has 4 amide bonds. The number of hydrogen-bond donors (Lipinski definition) is 2. The summed E-state index contributed by atoms with van der Waals surface area (Å²) in [6.07, 6.45) is 6.40. The van der Waals surface area contributed by atoms with Gasteiger partial charge in [-0.2, -0.15) is 0 Å². The maximum absolute atomic E-state index is 13.4. The van der Waals surface area contributed by atoms with Crippen molar-refractivity contribution in [2.24, 2.45) is 23.7 Å². The second-order valence-electron chi connectivity index (χ2n) is 11.6. The summed E-state index contributed by atoms with van der Waals surface area (Å²) in [6.45, 7) is 8.41. The third kappa shape index (κ3) is 5.74. The first kappa shape index (κ1) is 25.0. The molecule has 4 saturated heterocycles. The fourth-order valence-electron chi connectivity index (χ4n) is 6.51. The lowest BCUT2D eigenvalue weighted by molar-refractivity contribution is -0.147. The molecule has 4 aliphatic rings. The Labute approximate surface area is 203 Å². The average Bonchev–Trinajstić information content (AvgIpc) is 3.22. The molecule has 8 heteroatoms. The summed E-state index contributed by atoms with van der Waals surface area (Å²) in [7, 11) is 0. The number of rotatable bonds is 2. The van der Waals surface area contributed by atoms with E-state index in [0.717, 1.165) is 32.1 Å². The third-order valence-electron chi connectivity index (χ3n) is 8.44. The van der Waals surface area contributed by atoms with E-state index in [1.54, 1.807) is 0 Å². The van der Waals surface area contributed by atoms with Gasteiger partial charge < -0.3 is 20.4 Å². The zero-order chi connectivity index (χ0) is 24.4. The number of nitrogens with zero attached hydrogens (tertiary/aromatic N) is 2. The molecule has 0 unspecified atom stereocenters. The van der Waals surface area contributed by atoms with Gasteiger partial charge in [-0.15, -0.1) is 0 Å². The summed E-state index contributed by atoms with van der Waals surface area (Å²) in [5.74, 6) is 1.47. The lowest BCUT2D eigenvalue weighted by atomic mass is 9.77. The third-order valence-corrected chi connectivity index (χ3v) is 8.44. The van der Waals surface area contributed by atoms with E-state index >= 15 is 0 Å². The van der Waals surface area contributed by atoms with Gasteiger partial charge in [-0.05, 0) is 62.2 Å². The van der Waals surface area contributed by atoms with Crippen LogP contribution in [0.3, 0.4) is 0 Å². The van der Waals surface area contributed by atoms with Crippen LogP contribution in [0.1, 0.15) is 78.6 Å². The Bertz CT molecular complexity index is 800. The van der Waals surface area contributed by atoms with E-state index in [0.29, 0.717) is 51.2 Å². The largest absolute Gasteiger partial charge is 0.353 e. The standard InChI is InChI=1S/C26H42N4O4/c1-16(2)20-8-7-17(3)11-25(33)30-14-18-12-19(22(30)5-4-6-23(31)27-20)15-29(13-18)26(34)21-9-10-24(32)28-21/h16-22H,4-15H2,1-3H3,(H,27,31)(H,28,32)/t17-,18+,19-,20+,21+,22+/m1/s1. The molecule has 8 nitrogen and oxygen atoms in total. The smallest absolute Gasteiger partial charge is 0.245 e. The minimum absolute atomic E-state index is 0.0256. The highest BCUT2D eigenvalue weighted by Crippen LogP contribution is 2.37. The van der Waals surface area contributed by atoms with Crippen LogP contribution < -0.4 is 10.6 Å². The van der Waals surface area contributed by atoms with Crippen molar-refractivity contribution in [3.63, 3.8) is 0 Å². The molecule has 0 spiro atoms. The summed E-state index contributed by atoms with van der Waals surface area (Å²) in [4.78, 5) is 54.9. The minimum atomic E-state index is -0.400. The summed E-state index contributed by atoms with van der Waals surface area (Å²) >= 11 is 0. The number of likely N-dealkylation sites (tertiary alicyclic amines) is 1. The average molecular weight is 475 g/mol. The van der Waals surface area contributed by atoms with Gasteiger partial charge in [0.05, 0.1) is 0 Å². The lowest BCUT2D eigenvalue weighted by Crippen LogP contribution is -2.61. The van der Waals surface area contributed by atoms with Crippen LogP contribution in [0.4, 0.5) is 0 Å². The number of piperidine rings is 2. The molecule has 0 radical (unpaired) electrons. The highest BCUT2D eigenvalue weighted by Gasteiger charge is 2.45. The molecule has 4 rings (SSSR count). The van der Waals surface area contributed by atoms with Gasteiger partial charge in [0.25, 0.3) is 0 Å². The summed E-state index contributed by atoms with van der Waals surface area (Å²) < 4.78 is 0. The monoisotopic (exact) mass is 474 g/mol. The molecule has 4 heterocycles. The highest BCUT2D eigenvalue weighted by atomic mass is 16.2. The Kier molecular flexibility index (Phi) is 7.83. The Morgan fingerprint density at radius 3 is 2.41 bits per heavy atom. The predicted molar refractivity (Wildman–Crippen MR) is 128 cm³/mol. The van der Waals surface area contributed by atoms with Crippen molar-refractivity contribution in [3.8, 4) is 0 Å². The van der Waals surface area contributed by atoms with Gasteiger partial charge in [0.15, 0.2) is 0 Å². The maximum Gasteiger partial charge on any atom is 0.245 e. The van der Waals surface area contributed by atoms with Crippen molar-refractivity contribution >= 4 is 23.6 Å². The number of hydrogen-bond acceptors (Lipinski definition) is 4. The van der Waals surface area contributed by atoms with Crippen molar-refractivity contribution in [3.05, 3.63) is 0 Å². The van der Waals surface area contributed by atoms with Crippen LogP contribution in [0.5, 0.6) is 0 Å². The molecule has 2 bridgehead atoms. The second-order valence-corrected chi connectivity index (χ2v) is 11.6. The molecule has 0 aliphatic carbocycles. The van der Waals surface area contributed by atoms with Crippen LogP contribution >= 0.6 is 0 Å². The number of carbonyl (C=O) groups is 4. The van der Waals surface area contributed by atoms with E-state index in [1.807, 2.05) is 4.90 Å². The molecular formula is C26H42N4O4. The molecule has 4 aliphatic heterocycles. The molecule has 0 aromatic heterocycles. The number of nitrogens with one attached hydrogen (secondary N) is 2. The van der Waals surface area contributed by atoms with Gasteiger partial charge in [-0.25, -0.2) is 0 Å². The van der Waals surface area contributed by atoms with Crippen LogP contribution in [0.2, 0.25) is 0 Å². The molecule has 0 aromatic carbocycles. The summed E-state index contributed by atoms with van der Waals surface area (Å²) in [6, 6.07) is -0.176. The van der Waals surface area contributed by atoms with Crippen molar-refractivity contribution in [1.29, 1.82) is 0 Å². The normalized spacial score (nSPS) is 35.6. The Balaban J connectivity index is 1.47. The molecule has 190 valence electrons. The molecule has 2 N–H and O–H groups in total. The Hall–Kier alpha value is -2.12. The van der Waals surface area contributed by atoms with Gasteiger partial charge in [0, 0.05) is 51.0 Å². The Morgan fingerprint density at radius 2 is 1.71 bits per heavy atom. The predicted octanol–water partition coefficient (Wildman–Crippen LogP) is 2.07. The lowest BCUT2D eigenvalue weighted by Gasteiger charge is -2.51. The van der Waals surface area contributed by atoms with Crippen molar-refractivity contribution in [2.45, 2.75) is 96.7 Å². The van der Waals surface area contributed by atoms with E-state index in [9.17, 15) is 19.2 Å². The molecular weight excluding hydrogens is 432 g/mol. The molecule has 34 heavy (non-hydrogen) atoms. The summed E-state index contributed by atoms with van der Waals surface area (Å²) in [5, 5.41) is 6.05. The van der Waals surface area contributed by atoms with E-state index in [-0.39, 0.29) is 53.5 Å². The maximum atomic E-state index is 13.4. The molecule has 4 fully saturated rings. The summed E-state index contributed by atoms with van der Waals surface area (Å²) in [5.41, 5.74) is 0. The Morgan fingerprint density at radius 1 is 0.941 bits per heavy atom. The van der Waals surface area contributed by atoms with Gasteiger partial charge in [0.1, 0.15) is 6.04 Å². The van der Waals surface area contributed by atoms with Crippen LogP contribution in [-0.2, 0) is 19.2 Å². The van der Waals surface area contributed by atoms with Crippen LogP contribution in [0.25, 0.3) is 0 Å². The molecule has 6 atom stereocenters. The van der Waals surface area contributed by atoms with Crippen molar-refractivity contribution in [2.75, 3.05) is 19.6 Å². The zero-order valence-electron chi connectivity index (χ0n) is 21.1. The first-order valence-electron chi connectivity index (χ1n) is 13.4. The SMILES string of the molecule is CC(C)[C@@H]1CC[C@@H](C)CC(=O)N2C[C@H]3C[C@H](CN(C(=O)[C@@H]4CCC(=O)N4)C3)[C@@H]2CCCC(=O)N1. The number of carbonyl (C=O) groups excluding carboxylic acids is 4. The van der Waals surface area contributed by atoms with Gasteiger partial charge in [0.2, 0.25) is 23.6 Å². The molecule has 0 saturated carbocycles. The fraction of sp³-hybridized carbons (Fsp3) is 0.846. The van der Waals surface area contributed by atoms with Gasteiger partial charge in [-0.1, -0.05) is 20.8 Å². The second kappa shape index (κ2) is 10.6. The first-order valence-corrected chi connectivity index (χ1v) is 13.4. The topological polar surface area (TPSA) is 98.8 Å². The van der Waals surface area contributed by atoms with Crippen LogP contribution in [0, 0.1) is 23.7 Å².